The van der Waals surface area contributed by atoms with E-state index in [2.05, 4.69) is 0 Å². The molecule has 0 aliphatic carbocycles. The Morgan fingerprint density at radius 3 is 2.45 bits per heavy atom. The van der Waals surface area contributed by atoms with Gasteiger partial charge in [0.05, 0.1) is 19.1 Å². The lowest BCUT2D eigenvalue weighted by Crippen LogP contribution is -2.22. The molecule has 3 N–H and O–H groups in total. The number of fused-ring (bicyclic) bond motifs is 3. The highest BCUT2D eigenvalue weighted by Gasteiger charge is 2.37. The molecule has 33 heavy (non-hydrogen) atoms. The zero-order valence-corrected chi connectivity index (χ0v) is 17.4. The van der Waals surface area contributed by atoms with Crippen LogP contribution < -0.4 is 14.9 Å². The number of phenols is 3. The first-order valence-electron chi connectivity index (χ1n) is 10.1. The van der Waals surface area contributed by atoms with E-state index in [4.69, 9.17) is 13.9 Å². The first-order chi connectivity index (χ1) is 15.9. The predicted octanol–water partition coefficient (Wildman–Crippen LogP) is 4.03. The van der Waals surface area contributed by atoms with Crippen LogP contribution in [0.4, 0.5) is 0 Å². The maximum atomic E-state index is 13.0. The minimum absolute atomic E-state index is 0.00352. The third kappa shape index (κ3) is 3.23. The summed E-state index contributed by atoms with van der Waals surface area (Å²) in [5, 5.41) is 30.9. The van der Waals surface area contributed by atoms with Crippen LogP contribution in [0.1, 0.15) is 23.5 Å². The van der Waals surface area contributed by atoms with E-state index in [0.717, 1.165) is 0 Å². The lowest BCUT2D eigenvalue weighted by molar-refractivity contribution is -0.135. The van der Waals surface area contributed by atoms with E-state index in [1.807, 2.05) is 6.07 Å². The molecule has 0 saturated heterocycles. The monoisotopic (exact) mass is 446 g/mol. The van der Waals surface area contributed by atoms with Gasteiger partial charge in [-0.05, 0) is 17.7 Å². The van der Waals surface area contributed by atoms with Crippen molar-refractivity contribution in [1.29, 1.82) is 0 Å². The smallest absolute Gasteiger partial charge is 0.312 e. The SMILES string of the molecule is COc1cc([C@@H]2CC(=O)Oc3c(O)c(O)c4c(=O)cc(-c5ccccc5)oc4c32)ccc1O. The summed E-state index contributed by atoms with van der Waals surface area (Å²) in [6.07, 6.45) is -0.125. The van der Waals surface area contributed by atoms with Crippen LogP contribution in [0.2, 0.25) is 0 Å². The molecule has 166 valence electrons. The summed E-state index contributed by atoms with van der Waals surface area (Å²) in [5.74, 6) is -2.73. The largest absolute Gasteiger partial charge is 0.504 e. The number of hydrogen-bond acceptors (Lipinski definition) is 8. The van der Waals surface area contributed by atoms with Gasteiger partial charge in [0.2, 0.25) is 5.75 Å². The van der Waals surface area contributed by atoms with Gasteiger partial charge >= 0.3 is 5.97 Å². The number of esters is 1. The van der Waals surface area contributed by atoms with E-state index in [9.17, 15) is 24.9 Å². The minimum atomic E-state index is -0.728. The Morgan fingerprint density at radius 2 is 1.73 bits per heavy atom. The summed E-state index contributed by atoms with van der Waals surface area (Å²) in [5.41, 5.74) is 0.860. The number of rotatable bonds is 3. The number of carbonyl (C=O) groups is 1. The summed E-state index contributed by atoms with van der Waals surface area (Å²) >= 11 is 0. The average Bonchev–Trinajstić information content (AvgIpc) is 2.82. The second-order valence-electron chi connectivity index (χ2n) is 7.65. The minimum Gasteiger partial charge on any atom is -0.504 e. The van der Waals surface area contributed by atoms with Crippen molar-refractivity contribution in [2.75, 3.05) is 7.11 Å². The molecule has 0 radical (unpaired) electrons. The summed E-state index contributed by atoms with van der Waals surface area (Å²) < 4.78 is 16.6. The van der Waals surface area contributed by atoms with Crippen molar-refractivity contribution in [3.8, 4) is 40.1 Å². The average molecular weight is 446 g/mol. The van der Waals surface area contributed by atoms with Gasteiger partial charge in [0, 0.05) is 17.5 Å². The van der Waals surface area contributed by atoms with Crippen molar-refractivity contribution in [1.82, 2.24) is 0 Å². The van der Waals surface area contributed by atoms with E-state index in [1.54, 1.807) is 36.4 Å². The number of phenolic OH excluding ortho intramolecular Hbond substituents is 3. The van der Waals surface area contributed by atoms with Crippen LogP contribution >= 0.6 is 0 Å². The van der Waals surface area contributed by atoms with Gasteiger partial charge in [0.1, 0.15) is 16.7 Å². The first kappa shape index (κ1) is 20.4. The van der Waals surface area contributed by atoms with Gasteiger partial charge in [-0.15, -0.1) is 0 Å². The number of methoxy groups -OCH3 is 1. The van der Waals surface area contributed by atoms with Crippen LogP contribution in [0.15, 0.2) is 63.8 Å². The zero-order chi connectivity index (χ0) is 23.3. The fraction of sp³-hybridized carbons (Fsp3) is 0.120. The summed E-state index contributed by atoms with van der Waals surface area (Å²) in [6, 6.07) is 14.7. The molecule has 8 nitrogen and oxygen atoms in total. The zero-order valence-electron chi connectivity index (χ0n) is 17.4. The van der Waals surface area contributed by atoms with E-state index >= 15 is 0 Å². The molecule has 0 amide bonds. The number of benzene rings is 3. The maximum absolute atomic E-state index is 13.0. The first-order valence-corrected chi connectivity index (χ1v) is 10.1. The molecule has 5 rings (SSSR count). The molecule has 0 fully saturated rings. The molecule has 4 aromatic rings. The number of carbonyl (C=O) groups excluding carboxylic acids is 1. The highest BCUT2D eigenvalue weighted by Crippen LogP contribution is 2.52. The van der Waals surface area contributed by atoms with E-state index in [0.29, 0.717) is 11.1 Å². The van der Waals surface area contributed by atoms with Crippen molar-refractivity contribution in [3.63, 3.8) is 0 Å². The molecule has 1 aliphatic heterocycles. The molecular weight excluding hydrogens is 428 g/mol. The summed E-state index contributed by atoms with van der Waals surface area (Å²) in [4.78, 5) is 25.4. The van der Waals surface area contributed by atoms with Crippen molar-refractivity contribution >= 4 is 16.9 Å². The maximum Gasteiger partial charge on any atom is 0.312 e. The quantitative estimate of drug-likeness (QED) is 0.245. The Hall–Kier alpha value is -4.46. The molecular formula is C25H18O8. The molecule has 0 spiro atoms. The molecule has 1 aliphatic rings. The third-order valence-electron chi connectivity index (χ3n) is 5.71. The van der Waals surface area contributed by atoms with Crippen LogP contribution in [-0.2, 0) is 4.79 Å². The Balaban J connectivity index is 1.86. The predicted molar refractivity (Wildman–Crippen MR) is 118 cm³/mol. The van der Waals surface area contributed by atoms with Gasteiger partial charge in [-0.3, -0.25) is 9.59 Å². The topological polar surface area (TPSA) is 126 Å². The second-order valence-corrected chi connectivity index (χ2v) is 7.65. The van der Waals surface area contributed by atoms with Crippen LogP contribution in [0.25, 0.3) is 22.3 Å². The van der Waals surface area contributed by atoms with Crippen molar-refractivity contribution in [2.45, 2.75) is 12.3 Å². The molecule has 0 bridgehead atoms. The molecule has 3 aromatic carbocycles. The number of ether oxygens (including phenoxy) is 2. The Labute approximate surface area is 186 Å². The molecule has 0 saturated carbocycles. The van der Waals surface area contributed by atoms with Gasteiger partial charge in [0.25, 0.3) is 0 Å². The third-order valence-corrected chi connectivity index (χ3v) is 5.71. The lowest BCUT2D eigenvalue weighted by atomic mass is 9.84. The summed E-state index contributed by atoms with van der Waals surface area (Å²) in [6.45, 7) is 0. The van der Waals surface area contributed by atoms with E-state index in [1.165, 1.54) is 19.2 Å². The van der Waals surface area contributed by atoms with Gasteiger partial charge in [-0.2, -0.15) is 0 Å². The molecule has 2 heterocycles. The fourth-order valence-electron chi connectivity index (χ4n) is 4.15. The molecule has 8 heteroatoms. The molecule has 1 atom stereocenters. The van der Waals surface area contributed by atoms with Gasteiger partial charge < -0.3 is 29.2 Å². The number of hydrogen-bond donors (Lipinski definition) is 3. The molecule has 0 unspecified atom stereocenters. The lowest BCUT2D eigenvalue weighted by Gasteiger charge is -2.27. The van der Waals surface area contributed by atoms with Gasteiger partial charge in [-0.1, -0.05) is 36.4 Å². The fourth-order valence-corrected chi connectivity index (χ4v) is 4.15. The summed E-state index contributed by atoms with van der Waals surface area (Å²) in [7, 11) is 1.40. The number of aromatic hydroxyl groups is 3. The highest BCUT2D eigenvalue weighted by molar-refractivity contribution is 5.96. The van der Waals surface area contributed by atoms with Crippen LogP contribution in [0.3, 0.4) is 0 Å². The van der Waals surface area contributed by atoms with Crippen molar-refractivity contribution in [3.05, 3.63) is 75.9 Å². The van der Waals surface area contributed by atoms with Gasteiger partial charge in [0.15, 0.2) is 28.4 Å². The van der Waals surface area contributed by atoms with Crippen LogP contribution in [0.5, 0.6) is 28.7 Å². The van der Waals surface area contributed by atoms with Gasteiger partial charge in [-0.25, -0.2) is 0 Å². The normalized spacial score (nSPS) is 15.2. The Morgan fingerprint density at radius 1 is 0.970 bits per heavy atom. The van der Waals surface area contributed by atoms with Crippen LogP contribution in [0, 0.1) is 0 Å². The van der Waals surface area contributed by atoms with Crippen molar-refractivity contribution in [2.24, 2.45) is 0 Å². The Bertz CT molecular complexity index is 1470. The molecule has 1 aromatic heterocycles. The van der Waals surface area contributed by atoms with E-state index in [-0.39, 0.29) is 46.0 Å². The van der Waals surface area contributed by atoms with E-state index < -0.39 is 28.8 Å². The highest BCUT2D eigenvalue weighted by atomic mass is 16.5. The second kappa shape index (κ2) is 7.59. The van der Waals surface area contributed by atoms with Crippen molar-refractivity contribution < 1.29 is 34.0 Å². The standard InChI is InChI=1S/C25H18O8/c1-31-18-9-13(7-8-15(18)26)14-10-19(28)33-25-20(14)24-21(22(29)23(25)30)16(27)11-17(32-24)12-5-3-2-4-6-12/h2-9,11,14,26,29-30H,10H2,1H3/t14-/m0/s1. The Kier molecular flexibility index (Phi) is 4.70. The van der Waals surface area contributed by atoms with Crippen LogP contribution in [-0.4, -0.2) is 28.4 Å².